The second-order valence-electron chi connectivity index (χ2n) is 9.66. The molecular formula is C25H30FN5O3. The highest BCUT2D eigenvalue weighted by atomic mass is 19.1. The van der Waals surface area contributed by atoms with Crippen molar-refractivity contribution in [3.63, 3.8) is 0 Å². The van der Waals surface area contributed by atoms with Crippen LogP contribution >= 0.6 is 0 Å². The van der Waals surface area contributed by atoms with Crippen molar-refractivity contribution in [2.24, 2.45) is 5.92 Å². The molecule has 34 heavy (non-hydrogen) atoms. The van der Waals surface area contributed by atoms with E-state index in [1.165, 1.54) is 24.3 Å². The second-order valence-corrected chi connectivity index (χ2v) is 9.66. The third-order valence-corrected chi connectivity index (χ3v) is 7.38. The first-order chi connectivity index (χ1) is 16.4. The lowest BCUT2D eigenvalue weighted by molar-refractivity contribution is -0.130. The molecule has 1 aromatic heterocycles. The highest BCUT2D eigenvalue weighted by Crippen LogP contribution is 2.40. The van der Waals surface area contributed by atoms with Gasteiger partial charge in [0, 0.05) is 69.1 Å². The Morgan fingerprint density at radius 3 is 2.56 bits per heavy atom. The molecule has 2 bridgehead atoms. The lowest BCUT2D eigenvalue weighted by Crippen LogP contribution is -2.53. The second kappa shape index (κ2) is 9.21. The number of benzene rings is 1. The summed E-state index contributed by atoms with van der Waals surface area (Å²) in [7, 11) is 0. The van der Waals surface area contributed by atoms with Crippen molar-refractivity contribution in [2.75, 3.05) is 36.8 Å². The molecule has 5 rings (SSSR count). The van der Waals surface area contributed by atoms with Crippen molar-refractivity contribution in [3.8, 4) is 0 Å². The molecular weight excluding hydrogens is 437 g/mol. The fourth-order valence-corrected chi connectivity index (χ4v) is 5.85. The van der Waals surface area contributed by atoms with Crippen LogP contribution in [-0.4, -0.2) is 58.5 Å². The van der Waals surface area contributed by atoms with Crippen LogP contribution < -0.4 is 16.2 Å². The van der Waals surface area contributed by atoms with Crippen molar-refractivity contribution in [3.05, 3.63) is 58.3 Å². The summed E-state index contributed by atoms with van der Waals surface area (Å²) in [4.78, 5) is 41.5. The number of piperidine rings is 2. The number of nitrogens with zero attached hydrogens (tertiary/aromatic N) is 3. The van der Waals surface area contributed by atoms with Gasteiger partial charge in [0.05, 0.1) is 5.69 Å². The molecule has 3 amide bonds. The van der Waals surface area contributed by atoms with E-state index in [4.69, 9.17) is 0 Å². The smallest absolute Gasteiger partial charge is 0.323 e. The van der Waals surface area contributed by atoms with E-state index in [0.29, 0.717) is 29.9 Å². The minimum absolute atomic E-state index is 0.0518. The highest BCUT2D eigenvalue weighted by Gasteiger charge is 2.39. The number of halogens is 1. The molecule has 180 valence electrons. The number of carbonyl (C=O) groups excluding carboxylic acids is 2. The lowest BCUT2D eigenvalue weighted by Gasteiger charge is -2.47. The van der Waals surface area contributed by atoms with Gasteiger partial charge in [-0.15, -0.1) is 0 Å². The SMILES string of the molecule is CC(=O)N1CCC(N2C[C@@H]3C[C@H](C2)c2c(NC(=O)Nc4cccc(F)c4)ccc(=O)n2C3)CC1. The first kappa shape index (κ1) is 22.6. The zero-order valence-corrected chi connectivity index (χ0v) is 19.3. The number of anilines is 2. The number of fused-ring (bicyclic) bond motifs is 4. The minimum Gasteiger partial charge on any atom is -0.343 e. The van der Waals surface area contributed by atoms with E-state index in [-0.39, 0.29) is 17.4 Å². The maximum Gasteiger partial charge on any atom is 0.323 e. The molecule has 2 N–H and O–H groups in total. The van der Waals surface area contributed by atoms with Gasteiger partial charge in [0.1, 0.15) is 5.82 Å². The first-order valence-corrected chi connectivity index (χ1v) is 11.9. The summed E-state index contributed by atoms with van der Waals surface area (Å²) in [5, 5.41) is 5.55. The van der Waals surface area contributed by atoms with Crippen LogP contribution in [0.25, 0.3) is 0 Å². The van der Waals surface area contributed by atoms with Gasteiger partial charge in [-0.3, -0.25) is 14.5 Å². The van der Waals surface area contributed by atoms with Gasteiger partial charge >= 0.3 is 6.03 Å². The third kappa shape index (κ3) is 4.57. The fraction of sp³-hybridized carbons (Fsp3) is 0.480. The summed E-state index contributed by atoms with van der Waals surface area (Å²) in [6.45, 7) is 5.60. The van der Waals surface area contributed by atoms with Crippen molar-refractivity contribution in [2.45, 2.75) is 44.7 Å². The predicted molar refractivity (Wildman–Crippen MR) is 127 cm³/mol. The van der Waals surface area contributed by atoms with Crippen LogP contribution in [0.4, 0.5) is 20.6 Å². The summed E-state index contributed by atoms with van der Waals surface area (Å²) in [5.41, 5.74) is 1.79. The molecule has 1 aromatic carbocycles. The molecule has 0 saturated carbocycles. The Bertz CT molecular complexity index is 1160. The normalized spacial score (nSPS) is 22.7. The monoisotopic (exact) mass is 467 g/mol. The molecule has 0 radical (unpaired) electrons. The zero-order chi connectivity index (χ0) is 23.8. The minimum atomic E-state index is -0.474. The number of hydrogen-bond donors (Lipinski definition) is 2. The summed E-state index contributed by atoms with van der Waals surface area (Å²) in [6.07, 6.45) is 2.90. The number of aromatic nitrogens is 1. The number of likely N-dealkylation sites (tertiary alicyclic amines) is 2. The van der Waals surface area contributed by atoms with Crippen LogP contribution in [0.1, 0.15) is 37.8 Å². The average molecular weight is 468 g/mol. The fourth-order valence-electron chi connectivity index (χ4n) is 5.85. The van der Waals surface area contributed by atoms with Crippen LogP contribution in [0.3, 0.4) is 0 Å². The van der Waals surface area contributed by atoms with Gasteiger partial charge in [0.25, 0.3) is 5.56 Å². The van der Waals surface area contributed by atoms with E-state index < -0.39 is 11.8 Å². The summed E-state index contributed by atoms with van der Waals surface area (Å²) in [5.74, 6) is 0.223. The maximum atomic E-state index is 13.5. The van der Waals surface area contributed by atoms with Crippen LogP contribution in [-0.2, 0) is 11.3 Å². The quantitative estimate of drug-likeness (QED) is 0.727. The third-order valence-electron chi connectivity index (χ3n) is 7.38. The van der Waals surface area contributed by atoms with Gasteiger partial charge in [-0.1, -0.05) is 6.07 Å². The van der Waals surface area contributed by atoms with Crippen molar-refractivity contribution in [1.82, 2.24) is 14.4 Å². The number of hydrogen-bond acceptors (Lipinski definition) is 4. The number of pyridine rings is 1. The van der Waals surface area contributed by atoms with E-state index in [0.717, 1.165) is 51.1 Å². The lowest BCUT2D eigenvalue weighted by atomic mass is 9.81. The van der Waals surface area contributed by atoms with Gasteiger partial charge in [-0.2, -0.15) is 0 Å². The van der Waals surface area contributed by atoms with Gasteiger partial charge in [0.2, 0.25) is 5.91 Å². The van der Waals surface area contributed by atoms with Gasteiger partial charge < -0.3 is 20.1 Å². The van der Waals surface area contributed by atoms with Gasteiger partial charge in [-0.05, 0) is 49.4 Å². The molecule has 3 aliphatic heterocycles. The Balaban J connectivity index is 1.33. The van der Waals surface area contributed by atoms with Crippen LogP contribution in [0.2, 0.25) is 0 Å². The van der Waals surface area contributed by atoms with Crippen LogP contribution in [0, 0.1) is 11.7 Å². The molecule has 4 heterocycles. The van der Waals surface area contributed by atoms with E-state index in [1.807, 2.05) is 9.47 Å². The predicted octanol–water partition coefficient (Wildman–Crippen LogP) is 3.06. The van der Waals surface area contributed by atoms with Gasteiger partial charge in [0.15, 0.2) is 0 Å². The molecule has 2 aromatic rings. The van der Waals surface area contributed by atoms with Crippen LogP contribution in [0.5, 0.6) is 0 Å². The largest absolute Gasteiger partial charge is 0.343 e. The molecule has 0 spiro atoms. The molecule has 2 fully saturated rings. The zero-order valence-electron chi connectivity index (χ0n) is 19.3. The number of nitrogens with one attached hydrogen (secondary N) is 2. The van der Waals surface area contributed by atoms with Crippen molar-refractivity contribution in [1.29, 1.82) is 0 Å². The Labute approximate surface area is 197 Å². The Morgan fingerprint density at radius 1 is 1.03 bits per heavy atom. The Hall–Kier alpha value is -3.20. The van der Waals surface area contributed by atoms with Crippen molar-refractivity contribution < 1.29 is 14.0 Å². The number of amides is 3. The standard InChI is InChI=1S/C25H30FN5O3/c1-16(32)29-9-7-21(8-10-29)30-13-17-11-18(15-30)24-22(5-6-23(33)31(24)14-17)28-25(34)27-20-4-2-3-19(26)12-20/h2-6,12,17-18,21H,7-11,13-15H2,1H3,(H2,27,28,34)/t17-,18+/m0/s1. The number of rotatable bonds is 3. The molecule has 0 aliphatic carbocycles. The molecule has 3 aliphatic rings. The van der Waals surface area contributed by atoms with Crippen LogP contribution in [0.15, 0.2) is 41.2 Å². The highest BCUT2D eigenvalue weighted by molar-refractivity contribution is 6.00. The molecule has 2 saturated heterocycles. The van der Waals surface area contributed by atoms with Crippen molar-refractivity contribution >= 4 is 23.3 Å². The molecule has 0 unspecified atom stereocenters. The number of urea groups is 1. The Morgan fingerprint density at radius 2 is 1.82 bits per heavy atom. The molecule has 2 atom stereocenters. The molecule has 8 nitrogen and oxygen atoms in total. The molecule has 9 heteroatoms. The Kier molecular flexibility index (Phi) is 6.12. The van der Waals surface area contributed by atoms with E-state index in [2.05, 4.69) is 15.5 Å². The topological polar surface area (TPSA) is 86.7 Å². The van der Waals surface area contributed by atoms with E-state index in [1.54, 1.807) is 19.1 Å². The maximum absolute atomic E-state index is 13.5. The van der Waals surface area contributed by atoms with Gasteiger partial charge in [-0.25, -0.2) is 9.18 Å². The van der Waals surface area contributed by atoms with E-state index >= 15 is 0 Å². The summed E-state index contributed by atoms with van der Waals surface area (Å²) >= 11 is 0. The average Bonchev–Trinajstić information content (AvgIpc) is 2.81. The summed E-state index contributed by atoms with van der Waals surface area (Å²) < 4.78 is 15.3. The number of carbonyl (C=O) groups is 2. The first-order valence-electron chi connectivity index (χ1n) is 11.9. The summed E-state index contributed by atoms with van der Waals surface area (Å²) in [6, 6.07) is 8.85. The van der Waals surface area contributed by atoms with E-state index in [9.17, 15) is 18.8 Å².